The van der Waals surface area contributed by atoms with Crippen LogP contribution in [0.1, 0.15) is 57.4 Å². The van der Waals surface area contributed by atoms with Gasteiger partial charge in [-0.15, -0.1) is 0 Å². The number of hydrogen-bond donors (Lipinski definition) is 4. The van der Waals surface area contributed by atoms with E-state index in [2.05, 4.69) is 21.7 Å². The number of thiophene rings is 1. The first-order valence-corrected chi connectivity index (χ1v) is 14.4. The van der Waals surface area contributed by atoms with Gasteiger partial charge in [0.25, 0.3) is 0 Å². The van der Waals surface area contributed by atoms with Crippen LogP contribution in [-0.2, 0) is 10.3 Å². The lowest BCUT2D eigenvalue weighted by atomic mass is 9.63. The molecule has 3 aromatic rings. The van der Waals surface area contributed by atoms with Gasteiger partial charge in [0.15, 0.2) is 0 Å². The molecule has 0 radical (unpaired) electrons. The van der Waals surface area contributed by atoms with Gasteiger partial charge in [0.2, 0.25) is 5.91 Å². The fourth-order valence-corrected chi connectivity index (χ4v) is 6.91. The molecule has 8 nitrogen and oxygen atoms in total. The Balaban J connectivity index is 1.28. The first-order chi connectivity index (χ1) is 18.5. The summed E-state index contributed by atoms with van der Waals surface area (Å²) in [4.78, 5) is 30.1. The molecule has 2 fully saturated rings. The standard InChI is InChI=1S/C30H36N4O4S/c1-29(38)17-30(31,18-29)22-7-5-20(6-8-22)25-15-32-26(14-24(25)21-11-12-39-16-21)33-27(35)13-19-3-9-23(10-4-19)34(2)28(36)37/h5-8,11-12,14-16,19,23,38H,3-4,9-10,13,17-18,31H2,1-2H3,(H,36,37)(H,32,33,35)/t19?,23?,29-,30-. The Morgan fingerprint density at radius 2 is 1.79 bits per heavy atom. The Morgan fingerprint density at radius 3 is 2.38 bits per heavy atom. The smallest absolute Gasteiger partial charge is 0.407 e. The second kappa shape index (κ2) is 10.7. The molecule has 2 aromatic heterocycles. The lowest BCUT2D eigenvalue weighted by molar-refractivity contribution is -0.117. The number of aliphatic hydroxyl groups is 1. The van der Waals surface area contributed by atoms with E-state index < -0.39 is 17.2 Å². The van der Waals surface area contributed by atoms with E-state index in [9.17, 15) is 19.8 Å². The monoisotopic (exact) mass is 548 g/mol. The average molecular weight is 549 g/mol. The van der Waals surface area contributed by atoms with Crippen molar-refractivity contribution in [3.63, 3.8) is 0 Å². The molecular formula is C30H36N4O4S. The average Bonchev–Trinajstić information content (AvgIpc) is 3.42. The zero-order valence-electron chi connectivity index (χ0n) is 22.4. The van der Waals surface area contributed by atoms with E-state index in [0.717, 1.165) is 53.5 Å². The van der Waals surface area contributed by atoms with Crippen LogP contribution in [-0.4, -0.2) is 50.8 Å². The summed E-state index contributed by atoms with van der Waals surface area (Å²) in [6, 6.07) is 12.1. The molecule has 39 heavy (non-hydrogen) atoms. The highest BCUT2D eigenvalue weighted by molar-refractivity contribution is 7.08. The summed E-state index contributed by atoms with van der Waals surface area (Å²) < 4.78 is 0. The highest BCUT2D eigenvalue weighted by Gasteiger charge is 2.49. The molecular weight excluding hydrogens is 512 g/mol. The van der Waals surface area contributed by atoms with Gasteiger partial charge in [-0.3, -0.25) is 4.79 Å². The van der Waals surface area contributed by atoms with Crippen molar-refractivity contribution in [3.8, 4) is 22.3 Å². The number of rotatable bonds is 7. The Hall–Kier alpha value is -3.27. The van der Waals surface area contributed by atoms with Crippen LogP contribution in [0.15, 0.2) is 53.4 Å². The molecule has 2 amide bonds. The molecule has 5 rings (SSSR count). The fourth-order valence-electron chi connectivity index (χ4n) is 6.25. The van der Waals surface area contributed by atoms with Gasteiger partial charge < -0.3 is 26.2 Å². The molecule has 0 bridgehead atoms. The quantitative estimate of drug-likeness (QED) is 0.301. The zero-order chi connectivity index (χ0) is 27.8. The van der Waals surface area contributed by atoms with Crippen molar-refractivity contribution in [1.29, 1.82) is 0 Å². The minimum Gasteiger partial charge on any atom is -0.465 e. The summed E-state index contributed by atoms with van der Waals surface area (Å²) >= 11 is 1.61. The summed E-state index contributed by atoms with van der Waals surface area (Å²) in [5.74, 6) is 0.678. The van der Waals surface area contributed by atoms with Gasteiger partial charge in [0.05, 0.1) is 5.60 Å². The van der Waals surface area contributed by atoms with Gasteiger partial charge in [0.1, 0.15) is 5.82 Å². The van der Waals surface area contributed by atoms with Crippen molar-refractivity contribution in [1.82, 2.24) is 9.88 Å². The summed E-state index contributed by atoms with van der Waals surface area (Å²) in [6.07, 6.45) is 5.59. The van der Waals surface area contributed by atoms with Crippen molar-refractivity contribution < 1.29 is 19.8 Å². The predicted octanol–water partition coefficient (Wildman–Crippen LogP) is 5.67. The molecule has 9 heteroatoms. The maximum Gasteiger partial charge on any atom is 0.407 e. The van der Waals surface area contributed by atoms with Crippen molar-refractivity contribution in [3.05, 3.63) is 58.9 Å². The number of pyridine rings is 1. The molecule has 5 N–H and O–H groups in total. The van der Waals surface area contributed by atoms with Crippen LogP contribution in [0.5, 0.6) is 0 Å². The second-order valence-corrected chi connectivity index (χ2v) is 12.3. The van der Waals surface area contributed by atoms with Crippen LogP contribution in [0, 0.1) is 5.92 Å². The van der Waals surface area contributed by atoms with Crippen LogP contribution in [0.3, 0.4) is 0 Å². The molecule has 0 atom stereocenters. The normalized spacial score (nSPS) is 26.5. The highest BCUT2D eigenvalue weighted by atomic mass is 32.1. The molecule has 2 aliphatic rings. The van der Waals surface area contributed by atoms with Crippen molar-refractivity contribution in [2.45, 2.75) is 69.1 Å². The molecule has 0 spiro atoms. The summed E-state index contributed by atoms with van der Waals surface area (Å²) in [5.41, 5.74) is 10.3. The van der Waals surface area contributed by atoms with Gasteiger partial charge >= 0.3 is 6.09 Å². The lowest BCUT2D eigenvalue weighted by Gasteiger charge is -2.49. The van der Waals surface area contributed by atoms with Crippen LogP contribution >= 0.6 is 11.3 Å². The van der Waals surface area contributed by atoms with Crippen LogP contribution < -0.4 is 11.1 Å². The molecule has 0 saturated heterocycles. The number of aromatic nitrogens is 1. The summed E-state index contributed by atoms with van der Waals surface area (Å²) in [7, 11) is 1.61. The summed E-state index contributed by atoms with van der Waals surface area (Å²) in [5, 5.41) is 26.5. The number of carbonyl (C=O) groups is 2. The van der Waals surface area contributed by atoms with E-state index in [4.69, 9.17) is 5.73 Å². The first-order valence-electron chi connectivity index (χ1n) is 13.4. The van der Waals surface area contributed by atoms with Gasteiger partial charge in [-0.05, 0) is 96.5 Å². The van der Waals surface area contributed by atoms with Crippen molar-refractivity contribution in [2.24, 2.45) is 11.7 Å². The van der Waals surface area contributed by atoms with Gasteiger partial charge in [-0.2, -0.15) is 11.3 Å². The van der Waals surface area contributed by atoms with Gasteiger partial charge in [-0.25, -0.2) is 9.78 Å². The van der Waals surface area contributed by atoms with Crippen LogP contribution in [0.25, 0.3) is 22.3 Å². The fraction of sp³-hybridized carbons (Fsp3) is 0.433. The van der Waals surface area contributed by atoms with Crippen molar-refractivity contribution >= 4 is 29.2 Å². The third-order valence-electron chi connectivity index (χ3n) is 8.31. The zero-order valence-corrected chi connectivity index (χ0v) is 23.2. The minimum atomic E-state index is -0.904. The Morgan fingerprint density at radius 1 is 1.10 bits per heavy atom. The molecule has 206 valence electrons. The largest absolute Gasteiger partial charge is 0.465 e. The van der Waals surface area contributed by atoms with E-state index >= 15 is 0 Å². The molecule has 1 aromatic carbocycles. The van der Waals surface area contributed by atoms with E-state index in [0.29, 0.717) is 25.1 Å². The predicted molar refractivity (Wildman–Crippen MR) is 153 cm³/mol. The number of nitrogens with two attached hydrogens (primary N) is 1. The highest BCUT2D eigenvalue weighted by Crippen LogP contribution is 2.46. The van der Waals surface area contributed by atoms with Gasteiger partial charge in [-0.1, -0.05) is 24.3 Å². The van der Waals surface area contributed by atoms with Crippen LogP contribution in [0.4, 0.5) is 10.6 Å². The molecule has 2 saturated carbocycles. The van der Waals surface area contributed by atoms with Crippen LogP contribution in [0.2, 0.25) is 0 Å². The third-order valence-corrected chi connectivity index (χ3v) is 8.99. The maximum atomic E-state index is 12.9. The molecule has 0 unspecified atom stereocenters. The number of benzene rings is 1. The topological polar surface area (TPSA) is 129 Å². The summed E-state index contributed by atoms with van der Waals surface area (Å²) in [6.45, 7) is 1.82. The minimum absolute atomic E-state index is 0.0252. The van der Waals surface area contributed by atoms with Crippen molar-refractivity contribution in [2.75, 3.05) is 12.4 Å². The Kier molecular flexibility index (Phi) is 7.50. The van der Waals surface area contributed by atoms with E-state index in [1.807, 2.05) is 42.6 Å². The number of carbonyl (C=O) groups excluding carboxylic acids is 1. The second-order valence-electron chi connectivity index (χ2n) is 11.5. The number of hydrogen-bond acceptors (Lipinski definition) is 6. The number of amides is 2. The lowest BCUT2D eigenvalue weighted by Crippen LogP contribution is -2.58. The number of nitrogens with one attached hydrogen (secondary N) is 1. The van der Waals surface area contributed by atoms with E-state index in [-0.39, 0.29) is 17.9 Å². The molecule has 2 heterocycles. The Bertz CT molecular complexity index is 1320. The molecule has 0 aliphatic heterocycles. The maximum absolute atomic E-state index is 12.9. The number of nitrogens with zero attached hydrogens (tertiary/aromatic N) is 2. The third kappa shape index (κ3) is 6.00. The van der Waals surface area contributed by atoms with E-state index in [1.54, 1.807) is 24.6 Å². The molecule has 2 aliphatic carbocycles. The first kappa shape index (κ1) is 27.3. The number of carboxylic acid groups (broad SMARTS) is 1. The number of anilines is 1. The SMILES string of the molecule is CN(C(=O)O)C1CCC(CC(=O)Nc2cc(-c3ccsc3)c(-c3ccc([C@]4(N)C[C@](C)(O)C4)cc3)cn2)CC1. The van der Waals surface area contributed by atoms with E-state index in [1.165, 1.54) is 4.90 Å². The Labute approximate surface area is 232 Å². The van der Waals surface area contributed by atoms with Gasteiger partial charge in [0, 0.05) is 36.8 Å².